The van der Waals surface area contributed by atoms with Crippen LogP contribution in [0.1, 0.15) is 0 Å². The highest BCUT2D eigenvalue weighted by Crippen LogP contribution is 2.37. The Labute approximate surface area is 254 Å². The van der Waals surface area contributed by atoms with Gasteiger partial charge in [-0.15, -0.1) is 0 Å². The average Bonchev–Trinajstić information content (AvgIpc) is 3.28. The summed E-state index contributed by atoms with van der Waals surface area (Å²) >= 11 is 0. The predicted molar refractivity (Wildman–Crippen MR) is 134 cm³/mol. The monoisotopic (exact) mass is 666 g/mol. The maximum Gasteiger partial charge on any atom is 0.224 e. The van der Waals surface area contributed by atoms with Crippen LogP contribution >= 0.6 is 0 Å². The zero-order chi connectivity index (χ0) is 33.4. The highest BCUT2D eigenvalue weighted by molar-refractivity contribution is 5.00. The maximum atomic E-state index is 10.9. The van der Waals surface area contributed by atoms with Gasteiger partial charge < -0.3 is 105 Å². The van der Waals surface area contributed by atoms with Gasteiger partial charge in [-0.05, 0) is 0 Å². The van der Waals surface area contributed by atoms with Crippen LogP contribution in [0.4, 0.5) is 0 Å². The Bertz CT molecular complexity index is 927. The van der Waals surface area contributed by atoms with Gasteiger partial charge in [-0.3, -0.25) is 0 Å². The summed E-state index contributed by atoms with van der Waals surface area (Å²) < 4.78 is 37.9. The van der Waals surface area contributed by atoms with Crippen LogP contribution in [0.15, 0.2) is 0 Å². The molecule has 0 aliphatic carbocycles. The minimum absolute atomic E-state index is 0.784. The van der Waals surface area contributed by atoms with Crippen LogP contribution in [0.5, 0.6) is 0 Å². The average molecular weight is 667 g/mol. The fraction of sp³-hybridized carbons (Fsp3) is 1.00. The van der Waals surface area contributed by atoms with E-state index < -0.39 is 149 Å². The molecule has 0 bridgehead atoms. The van der Waals surface area contributed by atoms with Crippen molar-refractivity contribution in [3.8, 4) is 0 Å². The molecule has 4 saturated heterocycles. The van der Waals surface area contributed by atoms with Crippen molar-refractivity contribution in [1.82, 2.24) is 0 Å². The lowest BCUT2D eigenvalue weighted by Gasteiger charge is -2.48. The van der Waals surface area contributed by atoms with Crippen LogP contribution in [0.25, 0.3) is 0 Å². The smallest absolute Gasteiger partial charge is 0.224 e. The first kappa shape index (κ1) is 37.0. The van der Waals surface area contributed by atoms with E-state index in [0.717, 1.165) is 0 Å². The largest absolute Gasteiger partial charge is 0.394 e. The van der Waals surface area contributed by atoms with Gasteiger partial charge in [0.25, 0.3) is 0 Å². The van der Waals surface area contributed by atoms with Gasteiger partial charge in [-0.2, -0.15) is 0 Å². The van der Waals surface area contributed by atoms with Crippen molar-refractivity contribution in [2.75, 3.05) is 33.0 Å². The summed E-state index contributed by atoms with van der Waals surface area (Å²) in [5, 5.41) is 142. The van der Waals surface area contributed by atoms with Crippen molar-refractivity contribution in [3.63, 3.8) is 0 Å². The van der Waals surface area contributed by atoms with Crippen LogP contribution in [-0.2, 0) is 33.2 Å². The van der Waals surface area contributed by atoms with Crippen LogP contribution in [0, 0.1) is 0 Å². The van der Waals surface area contributed by atoms with Gasteiger partial charge in [0.2, 0.25) is 5.79 Å². The van der Waals surface area contributed by atoms with E-state index in [4.69, 9.17) is 33.2 Å². The van der Waals surface area contributed by atoms with Gasteiger partial charge in [0.05, 0.1) is 26.4 Å². The number of ether oxygens (including phenoxy) is 7. The van der Waals surface area contributed by atoms with Crippen LogP contribution in [0.3, 0.4) is 0 Å². The highest BCUT2D eigenvalue weighted by Gasteiger charge is 2.59. The molecule has 0 spiro atoms. The van der Waals surface area contributed by atoms with E-state index in [0.29, 0.717) is 0 Å². The first-order chi connectivity index (χ1) is 21.3. The number of aliphatic hydroxyl groups excluding tert-OH is 14. The molecule has 0 saturated carbocycles. The molecule has 0 aromatic rings. The second-order valence-corrected chi connectivity index (χ2v) is 11.2. The molecule has 21 heteroatoms. The fourth-order valence-electron chi connectivity index (χ4n) is 5.61. The molecule has 0 amide bonds. The third kappa shape index (κ3) is 7.01. The SMILES string of the molecule is OC[C@H]1O[C@@](CO)(O[C@H]2O[C@H](CO)[C@@H](O[C@@H]3O[C@H](CO)[C@@H](O[C@H]4O[C@H](CO)[C@@H](O)[C@H](O)[C@H]4O)[C@H](O)[C@H]3O)[C@H](O)[C@H]2O)[C@@H](O)[C@@H]1O. The third-order valence-corrected chi connectivity index (χ3v) is 8.29. The second kappa shape index (κ2) is 15.1. The number of aliphatic hydroxyl groups is 14. The Morgan fingerprint density at radius 1 is 0.444 bits per heavy atom. The van der Waals surface area contributed by atoms with Gasteiger partial charge >= 0.3 is 0 Å². The van der Waals surface area contributed by atoms with Crippen molar-refractivity contribution in [2.24, 2.45) is 0 Å². The Balaban J connectivity index is 1.45. The second-order valence-electron chi connectivity index (χ2n) is 11.2. The number of rotatable bonds is 11. The van der Waals surface area contributed by atoms with Crippen molar-refractivity contribution < 1.29 is 105 Å². The Morgan fingerprint density at radius 3 is 1.31 bits per heavy atom. The summed E-state index contributed by atoms with van der Waals surface area (Å²) in [6, 6.07) is 0. The van der Waals surface area contributed by atoms with Gasteiger partial charge in [-0.25, -0.2) is 0 Å². The molecule has 4 heterocycles. The van der Waals surface area contributed by atoms with E-state index >= 15 is 0 Å². The van der Waals surface area contributed by atoms with E-state index in [1.165, 1.54) is 0 Å². The molecular weight excluding hydrogens is 624 g/mol. The summed E-state index contributed by atoms with van der Waals surface area (Å²) in [4.78, 5) is 0. The normalized spacial score (nSPS) is 52.7. The molecule has 0 aromatic carbocycles. The summed E-state index contributed by atoms with van der Waals surface area (Å²) in [5.41, 5.74) is 0. The molecule has 4 rings (SSSR count). The minimum Gasteiger partial charge on any atom is -0.394 e. The molecule has 4 aliphatic heterocycles. The lowest BCUT2D eigenvalue weighted by Crippen LogP contribution is -2.67. The van der Waals surface area contributed by atoms with Gasteiger partial charge in [0.1, 0.15) is 98.2 Å². The van der Waals surface area contributed by atoms with Crippen LogP contribution in [0.2, 0.25) is 0 Å². The summed E-state index contributed by atoms with van der Waals surface area (Å²) in [7, 11) is 0. The van der Waals surface area contributed by atoms with Crippen LogP contribution < -0.4 is 0 Å². The summed E-state index contributed by atoms with van der Waals surface area (Å²) in [6.45, 7) is -4.50. The van der Waals surface area contributed by atoms with Crippen molar-refractivity contribution in [3.05, 3.63) is 0 Å². The van der Waals surface area contributed by atoms with Crippen molar-refractivity contribution >= 4 is 0 Å². The molecular formula is C24H42O21. The molecule has 0 unspecified atom stereocenters. The third-order valence-electron chi connectivity index (χ3n) is 8.29. The molecule has 264 valence electrons. The molecule has 4 fully saturated rings. The zero-order valence-corrected chi connectivity index (χ0v) is 23.5. The number of hydrogen-bond acceptors (Lipinski definition) is 21. The molecule has 21 nitrogen and oxygen atoms in total. The Hall–Kier alpha value is -0.840. The quantitative estimate of drug-likeness (QED) is 0.0973. The van der Waals surface area contributed by atoms with Crippen molar-refractivity contribution in [2.45, 2.75) is 116 Å². The van der Waals surface area contributed by atoms with Crippen LogP contribution in [-0.4, -0.2) is 221 Å². The van der Waals surface area contributed by atoms with Gasteiger partial charge in [-0.1, -0.05) is 0 Å². The number of hydrogen-bond donors (Lipinski definition) is 14. The topological polar surface area (TPSA) is 348 Å². The lowest BCUT2D eigenvalue weighted by atomic mass is 9.96. The highest BCUT2D eigenvalue weighted by atomic mass is 16.8. The first-order valence-corrected chi connectivity index (χ1v) is 14.1. The van der Waals surface area contributed by atoms with Gasteiger partial charge in [0, 0.05) is 0 Å². The summed E-state index contributed by atoms with van der Waals surface area (Å²) in [6.07, 6.45) is -32.1. The van der Waals surface area contributed by atoms with Crippen molar-refractivity contribution in [1.29, 1.82) is 0 Å². The maximum absolute atomic E-state index is 10.9. The van der Waals surface area contributed by atoms with E-state index in [-0.39, 0.29) is 0 Å². The molecule has 0 aromatic heterocycles. The standard InChI is InChI=1S/C24H42O21/c25-1-6-10(30)12(32)15(35)21(39-6)42-18-8(3-27)40-22(16(36)13(18)33)43-19-9(4-28)41-23(17(37)14(19)34)45-24(5-29)20(38)11(31)7(2-26)44-24/h6-23,25-38H,1-5H2/t6-,7-,8-,9-,10-,11-,12+,13-,14-,15-,16-,17-,18-,19-,20+,21-,22+,23-,24+/m1/s1. The van der Waals surface area contributed by atoms with E-state index in [9.17, 15) is 71.5 Å². The molecule has 0 radical (unpaired) electrons. The molecule has 19 atom stereocenters. The van der Waals surface area contributed by atoms with E-state index in [1.807, 2.05) is 0 Å². The predicted octanol–water partition coefficient (Wildman–Crippen LogP) is -9.75. The van der Waals surface area contributed by atoms with E-state index in [1.54, 1.807) is 0 Å². The molecule has 4 aliphatic rings. The molecule has 14 N–H and O–H groups in total. The first-order valence-electron chi connectivity index (χ1n) is 14.1. The zero-order valence-electron chi connectivity index (χ0n) is 23.5. The summed E-state index contributed by atoms with van der Waals surface area (Å²) in [5.74, 6) is -2.43. The fourth-order valence-corrected chi connectivity index (χ4v) is 5.61. The minimum atomic E-state index is -2.43. The van der Waals surface area contributed by atoms with Gasteiger partial charge in [0.15, 0.2) is 18.9 Å². The Morgan fingerprint density at radius 2 is 0.867 bits per heavy atom. The lowest BCUT2D eigenvalue weighted by molar-refractivity contribution is -0.402. The Kier molecular flexibility index (Phi) is 12.5. The van der Waals surface area contributed by atoms with E-state index in [2.05, 4.69) is 0 Å². The molecule has 45 heavy (non-hydrogen) atoms.